The van der Waals surface area contributed by atoms with Crippen LogP contribution in [0, 0.1) is 6.92 Å². The van der Waals surface area contributed by atoms with Gasteiger partial charge in [0.2, 0.25) is 0 Å². The van der Waals surface area contributed by atoms with Gasteiger partial charge in [-0.15, -0.1) is 22.2 Å². The van der Waals surface area contributed by atoms with E-state index in [1.165, 1.54) is 5.56 Å². The molecule has 0 N–H and O–H groups in total. The predicted molar refractivity (Wildman–Crippen MR) is 49.7 cm³/mol. The Kier molecular flexibility index (Phi) is 2.78. The molecule has 54 valence electrons. The lowest BCUT2D eigenvalue weighted by molar-refractivity contribution is 1.49. The van der Waals surface area contributed by atoms with Gasteiger partial charge in [-0.05, 0) is 12.1 Å². The highest BCUT2D eigenvalue weighted by Gasteiger charge is 2.03. The molecule has 0 atom stereocenters. The summed E-state index contributed by atoms with van der Waals surface area (Å²) in [6.07, 6.45) is 0. The van der Waals surface area contributed by atoms with Gasteiger partial charge in [0.25, 0.3) is 7.42 Å². The Hall–Kier alpha value is 0.0169. The average molecular weight is 191 g/mol. The van der Waals surface area contributed by atoms with Crippen LogP contribution in [0.25, 0.3) is 0 Å². The van der Waals surface area contributed by atoms with Crippen LogP contribution in [0.15, 0.2) is 24.3 Å². The fraction of sp³-hybridized carbons (Fsp3) is 0.143. The van der Waals surface area contributed by atoms with Crippen molar-refractivity contribution in [3.63, 3.8) is 0 Å². The Balaban J connectivity index is 2.89. The van der Waals surface area contributed by atoms with Crippen molar-refractivity contribution in [2.24, 2.45) is 0 Å². The van der Waals surface area contributed by atoms with Gasteiger partial charge in [-0.3, -0.25) is 0 Å². The molecule has 0 heterocycles. The molecule has 0 unspecified atom stereocenters. The summed E-state index contributed by atoms with van der Waals surface area (Å²) in [7, 11) is -1.61. The van der Waals surface area contributed by atoms with Gasteiger partial charge in [-0.1, -0.05) is 29.8 Å². The molecule has 0 saturated carbocycles. The largest absolute Gasteiger partial charge is 0.266 e. The van der Waals surface area contributed by atoms with Gasteiger partial charge >= 0.3 is 0 Å². The molecule has 1 aromatic rings. The first-order chi connectivity index (χ1) is 4.70. The summed E-state index contributed by atoms with van der Waals surface area (Å²) in [6, 6.07) is 8.04. The Labute approximate surface area is 71.8 Å². The molecule has 0 saturated heterocycles. The van der Waals surface area contributed by atoms with Crippen LogP contribution in [-0.4, -0.2) is 7.42 Å². The van der Waals surface area contributed by atoms with Gasteiger partial charge < -0.3 is 0 Å². The summed E-state index contributed by atoms with van der Waals surface area (Å²) in [6.45, 7) is 2.04. The minimum Gasteiger partial charge on any atom is -0.144 e. The topological polar surface area (TPSA) is 0 Å². The van der Waals surface area contributed by atoms with E-state index in [0.717, 1.165) is 5.19 Å². The molecule has 0 amide bonds. The Bertz CT molecular complexity index is 205. The molecule has 0 radical (unpaired) electrons. The van der Waals surface area contributed by atoms with Gasteiger partial charge in [0.05, 0.1) is 0 Å². The van der Waals surface area contributed by atoms with Gasteiger partial charge in [-0.2, -0.15) is 0 Å². The second-order valence-electron chi connectivity index (χ2n) is 2.21. The summed E-state index contributed by atoms with van der Waals surface area (Å²) in [5.74, 6) is 0. The molecule has 0 aliphatic carbocycles. The third kappa shape index (κ3) is 2.01. The zero-order valence-electron chi connectivity index (χ0n) is 5.64. The highest BCUT2D eigenvalue weighted by Crippen LogP contribution is 1.99. The summed E-state index contributed by atoms with van der Waals surface area (Å²) in [5, 5.41) is 1.09. The molecule has 0 fully saturated rings. The smallest absolute Gasteiger partial charge is 0.144 e. The van der Waals surface area contributed by atoms with Crippen molar-refractivity contribution < 1.29 is 0 Å². The lowest BCUT2D eigenvalue weighted by Gasteiger charge is -1.98. The summed E-state index contributed by atoms with van der Waals surface area (Å²) in [4.78, 5) is 0. The molecular weight excluding hydrogens is 183 g/mol. The second-order valence-corrected chi connectivity index (χ2v) is 6.77. The van der Waals surface area contributed by atoms with Gasteiger partial charge in [0.1, 0.15) is 0 Å². The van der Waals surface area contributed by atoms with Crippen molar-refractivity contribution in [1.29, 1.82) is 0 Å². The monoisotopic (exact) mass is 190 g/mol. The molecule has 0 bridgehead atoms. The van der Waals surface area contributed by atoms with Crippen molar-refractivity contribution in [2.75, 3.05) is 0 Å². The maximum absolute atomic E-state index is 5.76. The standard InChI is InChI=1S/C7H8Cl2Si/c1-6-2-4-7(5-3-6)10(8)9/h2-5,10H,1H3. The summed E-state index contributed by atoms with van der Waals surface area (Å²) in [5.41, 5.74) is 1.24. The van der Waals surface area contributed by atoms with Crippen LogP contribution in [0.4, 0.5) is 0 Å². The average Bonchev–Trinajstić information content (AvgIpc) is 1.88. The van der Waals surface area contributed by atoms with E-state index in [1.54, 1.807) is 0 Å². The highest BCUT2D eigenvalue weighted by molar-refractivity contribution is 7.39. The first-order valence-corrected chi connectivity index (χ1v) is 7.12. The van der Waals surface area contributed by atoms with Crippen molar-refractivity contribution in [2.45, 2.75) is 6.92 Å². The van der Waals surface area contributed by atoms with E-state index in [9.17, 15) is 0 Å². The molecule has 0 aliphatic rings. The molecule has 10 heavy (non-hydrogen) atoms. The fourth-order valence-electron chi connectivity index (χ4n) is 0.712. The van der Waals surface area contributed by atoms with E-state index >= 15 is 0 Å². The molecule has 1 aromatic carbocycles. The van der Waals surface area contributed by atoms with Crippen molar-refractivity contribution >= 4 is 34.8 Å². The van der Waals surface area contributed by atoms with Crippen LogP contribution in [0.5, 0.6) is 0 Å². The third-order valence-corrected chi connectivity index (χ3v) is 3.73. The number of aryl methyl sites for hydroxylation is 1. The zero-order chi connectivity index (χ0) is 7.56. The van der Waals surface area contributed by atoms with Crippen molar-refractivity contribution in [1.82, 2.24) is 0 Å². The fourth-order valence-corrected chi connectivity index (χ4v) is 2.07. The van der Waals surface area contributed by atoms with Crippen LogP contribution in [0.1, 0.15) is 5.56 Å². The van der Waals surface area contributed by atoms with Crippen LogP contribution in [-0.2, 0) is 0 Å². The summed E-state index contributed by atoms with van der Waals surface area (Å²) >= 11 is 11.5. The minimum atomic E-state index is -1.61. The van der Waals surface area contributed by atoms with E-state index in [4.69, 9.17) is 22.2 Å². The Morgan fingerprint density at radius 2 is 1.60 bits per heavy atom. The van der Waals surface area contributed by atoms with E-state index in [0.29, 0.717) is 0 Å². The highest BCUT2D eigenvalue weighted by atomic mass is 35.7. The van der Waals surface area contributed by atoms with E-state index in [-0.39, 0.29) is 0 Å². The van der Waals surface area contributed by atoms with E-state index in [1.807, 2.05) is 31.2 Å². The van der Waals surface area contributed by atoms with Crippen molar-refractivity contribution in [3.8, 4) is 0 Å². The van der Waals surface area contributed by atoms with Crippen LogP contribution in [0.2, 0.25) is 0 Å². The van der Waals surface area contributed by atoms with Crippen LogP contribution in [0.3, 0.4) is 0 Å². The Morgan fingerprint density at radius 3 is 2.00 bits per heavy atom. The van der Waals surface area contributed by atoms with Crippen molar-refractivity contribution in [3.05, 3.63) is 29.8 Å². The lowest BCUT2D eigenvalue weighted by atomic mass is 10.2. The Morgan fingerprint density at radius 1 is 1.10 bits per heavy atom. The van der Waals surface area contributed by atoms with Gasteiger partial charge in [0, 0.05) is 0 Å². The third-order valence-electron chi connectivity index (χ3n) is 1.33. The zero-order valence-corrected chi connectivity index (χ0v) is 8.31. The number of halogens is 2. The SMILES string of the molecule is Cc1ccc([SiH](Cl)Cl)cc1. The lowest BCUT2D eigenvalue weighted by Crippen LogP contribution is -2.16. The maximum Gasteiger partial charge on any atom is 0.266 e. The summed E-state index contributed by atoms with van der Waals surface area (Å²) < 4.78 is 0. The number of benzene rings is 1. The molecule has 1 rings (SSSR count). The predicted octanol–water partition coefficient (Wildman–Crippen LogP) is 1.90. The van der Waals surface area contributed by atoms with E-state index in [2.05, 4.69) is 0 Å². The minimum absolute atomic E-state index is 1.09. The van der Waals surface area contributed by atoms with Gasteiger partial charge in [0.15, 0.2) is 0 Å². The van der Waals surface area contributed by atoms with Crippen LogP contribution >= 0.6 is 22.2 Å². The first-order valence-electron chi connectivity index (χ1n) is 3.05. The normalized spacial score (nSPS) is 10.4. The molecule has 0 nitrogen and oxygen atoms in total. The van der Waals surface area contributed by atoms with Crippen LogP contribution < -0.4 is 5.19 Å². The maximum atomic E-state index is 5.76. The molecule has 0 aromatic heterocycles. The molecule has 3 heteroatoms. The molecular formula is C7H8Cl2Si. The molecule has 0 aliphatic heterocycles. The quantitative estimate of drug-likeness (QED) is 0.469. The molecule has 0 spiro atoms. The van der Waals surface area contributed by atoms with E-state index < -0.39 is 7.42 Å². The van der Waals surface area contributed by atoms with Gasteiger partial charge in [-0.25, -0.2) is 0 Å². The number of rotatable bonds is 1. The first kappa shape index (κ1) is 8.12. The number of hydrogen-bond donors (Lipinski definition) is 0. The second kappa shape index (κ2) is 3.42. The number of hydrogen-bond acceptors (Lipinski definition) is 0.